The molecule has 0 heterocycles. The molecule has 126 valence electrons. The van der Waals surface area contributed by atoms with Crippen LogP contribution in [0.1, 0.15) is 30.1 Å². The minimum Gasteiger partial charge on any atom is -0.321 e. The molecule has 7 heteroatoms. The summed E-state index contributed by atoms with van der Waals surface area (Å²) in [6.45, 7) is 1.77. The third-order valence-electron chi connectivity index (χ3n) is 3.20. The Kier molecular flexibility index (Phi) is 5.87. The van der Waals surface area contributed by atoms with Crippen LogP contribution in [0.5, 0.6) is 0 Å². The van der Waals surface area contributed by atoms with Crippen LogP contribution in [-0.2, 0) is 4.79 Å². The number of benzene rings is 2. The quantitative estimate of drug-likeness (QED) is 0.825. The van der Waals surface area contributed by atoms with E-state index in [-0.39, 0.29) is 22.7 Å². The van der Waals surface area contributed by atoms with Crippen molar-refractivity contribution in [2.24, 2.45) is 0 Å². The van der Waals surface area contributed by atoms with Gasteiger partial charge in [0.1, 0.15) is 11.5 Å². The second-order valence-electron chi connectivity index (χ2n) is 5.02. The molecule has 0 atom stereocenters. The average Bonchev–Trinajstić information content (AvgIpc) is 2.54. The zero-order valence-corrected chi connectivity index (χ0v) is 13.6. The standard InChI is InChI=1S/C17H15ClF2N2O2/c1-2-5-14(23)22-16-12(19)8-9-13(15(16)20)21-17(24)10-6-3-4-7-11(10)18/h3-4,6-9H,2,5H2,1H3,(H,21,24)(H,22,23). The molecule has 0 aliphatic heterocycles. The van der Waals surface area contributed by atoms with Crippen LogP contribution in [0.25, 0.3) is 0 Å². The van der Waals surface area contributed by atoms with Gasteiger partial charge < -0.3 is 10.6 Å². The number of rotatable bonds is 5. The highest BCUT2D eigenvalue weighted by Gasteiger charge is 2.18. The summed E-state index contributed by atoms with van der Waals surface area (Å²) >= 11 is 5.91. The first-order valence-corrected chi connectivity index (χ1v) is 7.65. The maximum Gasteiger partial charge on any atom is 0.257 e. The molecule has 0 fully saturated rings. The van der Waals surface area contributed by atoms with Crippen molar-refractivity contribution in [3.63, 3.8) is 0 Å². The van der Waals surface area contributed by atoms with Gasteiger partial charge in [-0.15, -0.1) is 0 Å². The normalized spacial score (nSPS) is 10.3. The van der Waals surface area contributed by atoms with Gasteiger partial charge in [-0.05, 0) is 30.7 Å². The first-order valence-electron chi connectivity index (χ1n) is 7.27. The van der Waals surface area contributed by atoms with Crippen molar-refractivity contribution in [2.75, 3.05) is 10.6 Å². The third-order valence-corrected chi connectivity index (χ3v) is 3.53. The number of anilines is 2. The summed E-state index contributed by atoms with van der Waals surface area (Å²) in [6, 6.07) is 8.30. The van der Waals surface area contributed by atoms with Crippen LogP contribution in [0.4, 0.5) is 20.2 Å². The SMILES string of the molecule is CCCC(=O)Nc1c(F)ccc(NC(=O)c2ccccc2Cl)c1F. The average molecular weight is 353 g/mol. The van der Waals surface area contributed by atoms with Crippen molar-refractivity contribution in [3.8, 4) is 0 Å². The van der Waals surface area contributed by atoms with E-state index in [9.17, 15) is 18.4 Å². The van der Waals surface area contributed by atoms with Gasteiger partial charge in [-0.3, -0.25) is 9.59 Å². The fraction of sp³-hybridized carbons (Fsp3) is 0.176. The van der Waals surface area contributed by atoms with Crippen molar-refractivity contribution in [1.82, 2.24) is 0 Å². The molecular formula is C17H15ClF2N2O2. The number of nitrogens with one attached hydrogen (secondary N) is 2. The predicted octanol–water partition coefficient (Wildman–Crippen LogP) is 4.61. The first kappa shape index (κ1) is 17.9. The Morgan fingerprint density at radius 1 is 1.08 bits per heavy atom. The van der Waals surface area contributed by atoms with Crippen LogP contribution in [0, 0.1) is 11.6 Å². The lowest BCUT2D eigenvalue weighted by Crippen LogP contribution is -2.17. The van der Waals surface area contributed by atoms with Gasteiger partial charge in [0.15, 0.2) is 5.82 Å². The fourth-order valence-electron chi connectivity index (χ4n) is 2.03. The molecule has 24 heavy (non-hydrogen) atoms. The van der Waals surface area contributed by atoms with Crippen LogP contribution >= 0.6 is 11.6 Å². The van der Waals surface area contributed by atoms with Crippen LogP contribution < -0.4 is 10.6 Å². The Labute approximate surface area is 142 Å². The van der Waals surface area contributed by atoms with Crippen LogP contribution in [0.15, 0.2) is 36.4 Å². The van der Waals surface area contributed by atoms with E-state index < -0.39 is 29.1 Å². The molecule has 2 aromatic rings. The zero-order valence-electron chi connectivity index (χ0n) is 12.8. The number of hydrogen-bond acceptors (Lipinski definition) is 2. The first-order chi connectivity index (χ1) is 11.4. The highest BCUT2D eigenvalue weighted by Crippen LogP contribution is 2.27. The summed E-state index contributed by atoms with van der Waals surface area (Å²) in [5.74, 6) is -3.13. The van der Waals surface area contributed by atoms with E-state index in [4.69, 9.17) is 11.6 Å². The van der Waals surface area contributed by atoms with Crippen LogP contribution in [0.2, 0.25) is 5.02 Å². The van der Waals surface area contributed by atoms with Crippen LogP contribution in [-0.4, -0.2) is 11.8 Å². The molecule has 2 N–H and O–H groups in total. The van der Waals surface area contributed by atoms with Crippen molar-refractivity contribution in [1.29, 1.82) is 0 Å². The highest BCUT2D eigenvalue weighted by atomic mass is 35.5. The maximum atomic E-state index is 14.4. The molecule has 2 amide bonds. The topological polar surface area (TPSA) is 58.2 Å². The molecule has 0 saturated heterocycles. The molecule has 0 spiro atoms. The van der Waals surface area contributed by atoms with Crippen molar-refractivity contribution >= 4 is 34.8 Å². The third kappa shape index (κ3) is 4.08. The number of halogens is 3. The summed E-state index contributed by atoms with van der Waals surface area (Å²) < 4.78 is 28.2. The van der Waals surface area contributed by atoms with Gasteiger partial charge in [0, 0.05) is 6.42 Å². The molecule has 0 unspecified atom stereocenters. The highest BCUT2D eigenvalue weighted by molar-refractivity contribution is 6.34. The molecule has 0 bridgehead atoms. The van der Waals surface area contributed by atoms with Crippen LogP contribution in [0.3, 0.4) is 0 Å². The van der Waals surface area contributed by atoms with E-state index in [1.54, 1.807) is 19.1 Å². The number of carbonyl (C=O) groups excluding carboxylic acids is 2. The molecule has 0 aliphatic carbocycles. The fourth-order valence-corrected chi connectivity index (χ4v) is 2.25. The van der Waals surface area contributed by atoms with Gasteiger partial charge in [-0.25, -0.2) is 8.78 Å². The van der Waals surface area contributed by atoms with Gasteiger partial charge in [0.05, 0.1) is 16.3 Å². The molecule has 0 saturated carbocycles. The molecule has 2 aromatic carbocycles. The van der Waals surface area contributed by atoms with Gasteiger partial charge in [0.2, 0.25) is 5.91 Å². The molecule has 0 radical (unpaired) electrons. The Bertz CT molecular complexity index is 781. The lowest BCUT2D eigenvalue weighted by atomic mass is 10.2. The minimum absolute atomic E-state index is 0.134. The molecule has 0 aromatic heterocycles. The smallest absolute Gasteiger partial charge is 0.257 e. The van der Waals surface area contributed by atoms with E-state index in [2.05, 4.69) is 10.6 Å². The number of carbonyl (C=O) groups is 2. The summed E-state index contributed by atoms with van der Waals surface area (Å²) in [6.07, 6.45) is 0.674. The Morgan fingerprint density at radius 2 is 1.79 bits per heavy atom. The summed E-state index contributed by atoms with van der Waals surface area (Å²) in [4.78, 5) is 23.7. The molecule has 2 rings (SSSR count). The number of hydrogen-bond donors (Lipinski definition) is 2. The second-order valence-corrected chi connectivity index (χ2v) is 5.42. The lowest BCUT2D eigenvalue weighted by Gasteiger charge is -2.12. The summed E-state index contributed by atoms with van der Waals surface area (Å²) in [5.41, 5.74) is -0.696. The van der Waals surface area contributed by atoms with E-state index in [1.807, 2.05) is 0 Å². The van der Waals surface area contributed by atoms with Gasteiger partial charge >= 0.3 is 0 Å². The van der Waals surface area contributed by atoms with Crippen molar-refractivity contribution in [3.05, 3.63) is 58.6 Å². The van der Waals surface area contributed by atoms with Gasteiger partial charge in [-0.2, -0.15) is 0 Å². The Hall–Kier alpha value is -2.47. The monoisotopic (exact) mass is 352 g/mol. The molecule has 4 nitrogen and oxygen atoms in total. The van der Waals surface area contributed by atoms with Crippen molar-refractivity contribution < 1.29 is 18.4 Å². The number of amides is 2. The second kappa shape index (κ2) is 7.88. The van der Waals surface area contributed by atoms with Crippen molar-refractivity contribution in [2.45, 2.75) is 19.8 Å². The van der Waals surface area contributed by atoms with Gasteiger partial charge in [-0.1, -0.05) is 30.7 Å². The van der Waals surface area contributed by atoms with E-state index >= 15 is 0 Å². The zero-order chi connectivity index (χ0) is 17.7. The molecular weight excluding hydrogens is 338 g/mol. The lowest BCUT2D eigenvalue weighted by molar-refractivity contribution is -0.116. The van der Waals surface area contributed by atoms with E-state index in [0.717, 1.165) is 12.1 Å². The minimum atomic E-state index is -1.06. The largest absolute Gasteiger partial charge is 0.321 e. The maximum absolute atomic E-state index is 14.4. The Morgan fingerprint density at radius 3 is 2.46 bits per heavy atom. The van der Waals surface area contributed by atoms with E-state index in [1.165, 1.54) is 12.1 Å². The Balaban J connectivity index is 2.27. The summed E-state index contributed by atoms with van der Waals surface area (Å²) in [5, 5.41) is 4.70. The summed E-state index contributed by atoms with van der Waals surface area (Å²) in [7, 11) is 0. The molecule has 0 aliphatic rings. The predicted molar refractivity (Wildman–Crippen MR) is 89.3 cm³/mol. The van der Waals surface area contributed by atoms with Gasteiger partial charge in [0.25, 0.3) is 5.91 Å². The van der Waals surface area contributed by atoms with E-state index in [0.29, 0.717) is 6.42 Å².